The number of nitrogens with one attached hydrogen (secondary N) is 1. The minimum Gasteiger partial charge on any atom is -0.379 e. The molecule has 2 atom stereocenters. The van der Waals surface area contributed by atoms with Gasteiger partial charge in [0.1, 0.15) is 6.04 Å². The van der Waals surface area contributed by atoms with Crippen LogP contribution in [-0.4, -0.2) is 43.9 Å². The smallest absolute Gasteiger partial charge is 0.236 e. The van der Waals surface area contributed by atoms with Crippen molar-refractivity contribution in [3.63, 3.8) is 0 Å². The Hall–Kier alpha value is -0.650. The first kappa shape index (κ1) is 12.4. The molecule has 1 amide bonds. The molecule has 5 nitrogen and oxygen atoms in total. The average molecular weight is 216 g/mol. The molecule has 0 aromatic heterocycles. The molecule has 88 valence electrons. The summed E-state index contributed by atoms with van der Waals surface area (Å²) in [6.07, 6.45) is 1.01. The third-order valence-electron chi connectivity index (χ3n) is 2.26. The second-order valence-corrected chi connectivity index (χ2v) is 4.10. The number of hydrogen-bond acceptors (Lipinski definition) is 4. The second kappa shape index (κ2) is 6.05. The molecule has 1 heterocycles. The van der Waals surface area contributed by atoms with Gasteiger partial charge in [0.2, 0.25) is 5.91 Å². The fourth-order valence-electron chi connectivity index (χ4n) is 1.49. The first-order valence-electron chi connectivity index (χ1n) is 5.34. The summed E-state index contributed by atoms with van der Waals surface area (Å²) in [5.74, 6) is -0.373. The summed E-state index contributed by atoms with van der Waals surface area (Å²) >= 11 is 0. The zero-order valence-electron chi connectivity index (χ0n) is 9.36. The van der Waals surface area contributed by atoms with E-state index >= 15 is 0 Å². The largest absolute Gasteiger partial charge is 0.379 e. The molecule has 1 aliphatic heterocycles. The summed E-state index contributed by atoms with van der Waals surface area (Å²) < 4.78 is 10.7. The number of carbonyl (C=O) groups is 1. The van der Waals surface area contributed by atoms with E-state index in [1.54, 1.807) is 0 Å². The van der Waals surface area contributed by atoms with E-state index in [0.717, 1.165) is 13.0 Å². The maximum absolute atomic E-state index is 11.1. The third kappa shape index (κ3) is 4.59. The van der Waals surface area contributed by atoms with E-state index < -0.39 is 6.04 Å². The van der Waals surface area contributed by atoms with Crippen molar-refractivity contribution in [1.29, 1.82) is 0 Å². The lowest BCUT2D eigenvalue weighted by Crippen LogP contribution is -2.48. The van der Waals surface area contributed by atoms with Crippen LogP contribution in [-0.2, 0) is 14.3 Å². The van der Waals surface area contributed by atoms with Crippen LogP contribution < -0.4 is 11.1 Å². The molecule has 15 heavy (non-hydrogen) atoms. The van der Waals surface area contributed by atoms with Gasteiger partial charge >= 0.3 is 0 Å². The predicted octanol–water partition coefficient (Wildman–Crippen LogP) is -0.356. The van der Waals surface area contributed by atoms with Gasteiger partial charge in [-0.05, 0) is 6.42 Å². The van der Waals surface area contributed by atoms with Gasteiger partial charge in [-0.2, -0.15) is 0 Å². The van der Waals surface area contributed by atoms with Gasteiger partial charge in [-0.3, -0.25) is 4.79 Å². The van der Waals surface area contributed by atoms with Gasteiger partial charge < -0.3 is 20.5 Å². The van der Waals surface area contributed by atoms with Crippen LogP contribution in [0.5, 0.6) is 0 Å². The van der Waals surface area contributed by atoms with Gasteiger partial charge in [0.15, 0.2) is 0 Å². The van der Waals surface area contributed by atoms with Crippen molar-refractivity contribution in [3.8, 4) is 0 Å². The summed E-state index contributed by atoms with van der Waals surface area (Å²) in [6.45, 7) is 5.61. The van der Waals surface area contributed by atoms with Crippen molar-refractivity contribution in [2.24, 2.45) is 5.73 Å². The minimum absolute atomic E-state index is 0.112. The summed E-state index contributed by atoms with van der Waals surface area (Å²) in [6, 6.07) is -0.198. The monoisotopic (exact) mass is 216 g/mol. The van der Waals surface area contributed by atoms with Crippen molar-refractivity contribution in [2.75, 3.05) is 19.8 Å². The number of amides is 1. The van der Waals surface area contributed by atoms with Crippen LogP contribution in [0.15, 0.2) is 0 Å². The van der Waals surface area contributed by atoms with E-state index in [4.69, 9.17) is 15.2 Å². The number of hydrogen-bond donors (Lipinski definition) is 2. The Morgan fingerprint density at radius 1 is 1.67 bits per heavy atom. The van der Waals surface area contributed by atoms with Gasteiger partial charge in [-0.25, -0.2) is 0 Å². The Balaban J connectivity index is 2.27. The number of rotatable bonds is 6. The van der Waals surface area contributed by atoms with Gasteiger partial charge in [-0.1, -0.05) is 13.8 Å². The fraction of sp³-hybridized carbons (Fsp3) is 0.900. The van der Waals surface area contributed by atoms with Crippen LogP contribution >= 0.6 is 0 Å². The molecule has 1 rings (SSSR count). The molecular formula is C10H20N2O3. The van der Waals surface area contributed by atoms with Crippen molar-refractivity contribution in [3.05, 3.63) is 0 Å². The van der Waals surface area contributed by atoms with Crippen molar-refractivity contribution >= 4 is 5.91 Å². The van der Waals surface area contributed by atoms with Crippen LogP contribution in [0.3, 0.4) is 0 Å². The normalized spacial score (nSPS) is 23.3. The van der Waals surface area contributed by atoms with Crippen molar-refractivity contribution < 1.29 is 14.3 Å². The highest BCUT2D eigenvalue weighted by Crippen LogP contribution is 2.08. The molecule has 0 aromatic rings. The molecule has 5 heteroatoms. The molecule has 0 aromatic carbocycles. The van der Waals surface area contributed by atoms with Crippen molar-refractivity contribution in [1.82, 2.24) is 5.32 Å². The Labute approximate surface area is 90.3 Å². The molecule has 0 bridgehead atoms. The highest BCUT2D eigenvalue weighted by atomic mass is 16.5. The summed E-state index contributed by atoms with van der Waals surface area (Å²) in [5, 5.41) is 3.06. The lowest BCUT2D eigenvalue weighted by Gasteiger charge is -2.19. The maximum atomic E-state index is 11.1. The van der Waals surface area contributed by atoms with E-state index in [9.17, 15) is 4.79 Å². The molecule has 2 unspecified atom stereocenters. The number of carbonyl (C=O) groups excluding carboxylic acids is 1. The van der Waals surface area contributed by atoms with Crippen molar-refractivity contribution in [2.45, 2.75) is 38.5 Å². The standard InChI is InChI=1S/C10H20N2O3/c1-7(2)12-9(10(11)13)6-15-8-3-4-14-5-8/h7-9,12H,3-6H2,1-2H3,(H2,11,13). The maximum Gasteiger partial charge on any atom is 0.236 e. The van der Waals surface area contributed by atoms with Gasteiger partial charge in [0, 0.05) is 12.6 Å². The minimum atomic E-state index is -0.411. The molecule has 3 N–H and O–H groups in total. The highest BCUT2D eigenvalue weighted by molar-refractivity contribution is 5.80. The lowest BCUT2D eigenvalue weighted by molar-refractivity contribution is -0.122. The summed E-state index contributed by atoms with van der Waals surface area (Å²) in [4.78, 5) is 11.1. The van der Waals surface area contributed by atoms with Gasteiger partial charge in [-0.15, -0.1) is 0 Å². The molecule has 1 aliphatic rings. The quantitative estimate of drug-likeness (QED) is 0.636. The van der Waals surface area contributed by atoms with Gasteiger partial charge in [0.05, 0.1) is 19.3 Å². The molecule has 0 spiro atoms. The van der Waals surface area contributed by atoms with E-state index in [0.29, 0.717) is 13.2 Å². The second-order valence-electron chi connectivity index (χ2n) is 4.10. The molecule has 0 saturated carbocycles. The molecule has 0 aliphatic carbocycles. The van der Waals surface area contributed by atoms with Crippen LogP contribution in [0.2, 0.25) is 0 Å². The molecular weight excluding hydrogens is 196 g/mol. The van der Waals surface area contributed by atoms with E-state index in [-0.39, 0.29) is 18.1 Å². The third-order valence-corrected chi connectivity index (χ3v) is 2.26. The Morgan fingerprint density at radius 2 is 2.40 bits per heavy atom. The number of primary amides is 1. The topological polar surface area (TPSA) is 73.6 Å². The van der Waals surface area contributed by atoms with Crippen LogP contribution in [0, 0.1) is 0 Å². The highest BCUT2D eigenvalue weighted by Gasteiger charge is 2.21. The Kier molecular flexibility index (Phi) is 5.01. The van der Waals surface area contributed by atoms with Crippen LogP contribution in [0.25, 0.3) is 0 Å². The summed E-state index contributed by atoms with van der Waals surface area (Å²) in [7, 11) is 0. The molecule has 0 radical (unpaired) electrons. The average Bonchev–Trinajstić information content (AvgIpc) is 2.63. The Morgan fingerprint density at radius 3 is 2.87 bits per heavy atom. The SMILES string of the molecule is CC(C)NC(COC1CCOC1)C(N)=O. The zero-order chi connectivity index (χ0) is 11.3. The Bertz CT molecular complexity index is 203. The van der Waals surface area contributed by atoms with E-state index in [1.807, 2.05) is 13.8 Å². The number of nitrogens with two attached hydrogens (primary N) is 1. The molecule has 1 saturated heterocycles. The summed E-state index contributed by atoms with van der Waals surface area (Å²) in [5.41, 5.74) is 5.26. The first-order chi connectivity index (χ1) is 7.09. The van der Waals surface area contributed by atoms with Crippen LogP contribution in [0.1, 0.15) is 20.3 Å². The van der Waals surface area contributed by atoms with Crippen LogP contribution in [0.4, 0.5) is 0 Å². The van der Waals surface area contributed by atoms with E-state index in [2.05, 4.69) is 5.32 Å². The molecule has 1 fully saturated rings. The lowest BCUT2D eigenvalue weighted by atomic mass is 10.2. The predicted molar refractivity (Wildman–Crippen MR) is 56.4 cm³/mol. The fourth-order valence-corrected chi connectivity index (χ4v) is 1.49. The first-order valence-corrected chi connectivity index (χ1v) is 5.34. The van der Waals surface area contributed by atoms with Gasteiger partial charge in [0.25, 0.3) is 0 Å². The zero-order valence-corrected chi connectivity index (χ0v) is 9.36. The van der Waals surface area contributed by atoms with E-state index in [1.165, 1.54) is 0 Å². The number of ether oxygens (including phenoxy) is 2.